The van der Waals surface area contributed by atoms with Crippen molar-refractivity contribution in [1.82, 2.24) is 10.2 Å². The molecule has 2 bridgehead atoms. The standard InChI is InChI=1S/C23H26FN3O2/c1-2-15-5-3-4-6-21(15)26-23(29)27-19-11-12-20(27)14-18(13-19)25-22(28)16-7-9-17(24)10-8-16/h3-10,18-20H,2,11-14H2,1H3,(H,25,28)(H,26,29). The number of fused-ring (bicyclic) bond motifs is 2. The second-order valence-corrected chi connectivity index (χ2v) is 7.88. The molecule has 2 saturated heterocycles. The van der Waals surface area contributed by atoms with Gasteiger partial charge in [-0.25, -0.2) is 9.18 Å². The van der Waals surface area contributed by atoms with Crippen LogP contribution in [0, 0.1) is 5.82 Å². The highest BCUT2D eigenvalue weighted by atomic mass is 19.1. The van der Waals surface area contributed by atoms with Gasteiger partial charge >= 0.3 is 6.03 Å². The maximum atomic E-state index is 13.1. The molecular formula is C23H26FN3O2. The minimum absolute atomic E-state index is 0.0250. The number of hydrogen-bond donors (Lipinski definition) is 2. The Balaban J connectivity index is 1.39. The van der Waals surface area contributed by atoms with Gasteiger partial charge in [0.2, 0.25) is 0 Å². The van der Waals surface area contributed by atoms with Crippen LogP contribution in [0.15, 0.2) is 48.5 Å². The molecule has 0 aliphatic carbocycles. The molecule has 2 heterocycles. The zero-order valence-electron chi connectivity index (χ0n) is 16.5. The van der Waals surface area contributed by atoms with Gasteiger partial charge in [-0.05, 0) is 68.0 Å². The zero-order chi connectivity index (χ0) is 20.4. The van der Waals surface area contributed by atoms with Crippen molar-refractivity contribution in [2.75, 3.05) is 5.32 Å². The van der Waals surface area contributed by atoms with Crippen molar-refractivity contribution in [3.63, 3.8) is 0 Å². The first-order valence-electron chi connectivity index (χ1n) is 10.3. The average molecular weight is 395 g/mol. The Morgan fingerprint density at radius 2 is 1.69 bits per heavy atom. The van der Waals surface area contributed by atoms with Crippen LogP contribution in [0.4, 0.5) is 14.9 Å². The quantitative estimate of drug-likeness (QED) is 0.809. The number of aryl methyl sites for hydroxylation is 1. The minimum atomic E-state index is -0.358. The van der Waals surface area contributed by atoms with Crippen molar-refractivity contribution < 1.29 is 14.0 Å². The van der Waals surface area contributed by atoms with Crippen molar-refractivity contribution in [3.8, 4) is 0 Å². The van der Waals surface area contributed by atoms with Gasteiger partial charge in [-0.15, -0.1) is 0 Å². The van der Waals surface area contributed by atoms with Gasteiger partial charge in [0.25, 0.3) is 5.91 Å². The van der Waals surface area contributed by atoms with E-state index in [-0.39, 0.29) is 35.9 Å². The van der Waals surface area contributed by atoms with Crippen molar-refractivity contribution in [1.29, 1.82) is 0 Å². The summed E-state index contributed by atoms with van der Waals surface area (Å²) in [4.78, 5) is 27.4. The van der Waals surface area contributed by atoms with E-state index < -0.39 is 0 Å². The van der Waals surface area contributed by atoms with E-state index in [2.05, 4.69) is 17.6 Å². The summed E-state index contributed by atoms with van der Waals surface area (Å²) >= 11 is 0. The molecule has 0 radical (unpaired) electrons. The highest BCUT2D eigenvalue weighted by Crippen LogP contribution is 2.36. The molecule has 2 atom stereocenters. The maximum Gasteiger partial charge on any atom is 0.322 e. The van der Waals surface area contributed by atoms with Crippen molar-refractivity contribution >= 4 is 17.6 Å². The van der Waals surface area contributed by atoms with E-state index >= 15 is 0 Å². The fourth-order valence-corrected chi connectivity index (χ4v) is 4.63. The summed E-state index contributed by atoms with van der Waals surface area (Å²) in [5.74, 6) is -0.548. The summed E-state index contributed by atoms with van der Waals surface area (Å²) < 4.78 is 13.1. The predicted octanol–water partition coefficient (Wildman–Crippen LogP) is 4.35. The first-order chi connectivity index (χ1) is 14.0. The number of hydrogen-bond acceptors (Lipinski definition) is 2. The lowest BCUT2D eigenvalue weighted by molar-refractivity contribution is 0.0891. The number of nitrogens with one attached hydrogen (secondary N) is 2. The van der Waals surface area contributed by atoms with Crippen LogP contribution in [-0.2, 0) is 6.42 Å². The molecule has 6 heteroatoms. The third-order valence-electron chi connectivity index (χ3n) is 6.05. The number of piperidine rings is 1. The summed E-state index contributed by atoms with van der Waals surface area (Å²) in [5, 5.41) is 6.15. The molecule has 2 N–H and O–H groups in total. The van der Waals surface area contributed by atoms with Gasteiger partial charge in [-0.2, -0.15) is 0 Å². The van der Waals surface area contributed by atoms with Crippen LogP contribution in [0.25, 0.3) is 0 Å². The predicted molar refractivity (Wildman–Crippen MR) is 110 cm³/mol. The maximum absolute atomic E-state index is 13.1. The van der Waals surface area contributed by atoms with E-state index in [1.807, 2.05) is 29.2 Å². The van der Waals surface area contributed by atoms with Crippen molar-refractivity contribution in [3.05, 3.63) is 65.5 Å². The van der Waals surface area contributed by atoms with Crippen molar-refractivity contribution in [2.45, 2.75) is 57.2 Å². The number of urea groups is 1. The normalized spacial score (nSPS) is 23.0. The number of nitrogens with zero attached hydrogens (tertiary/aromatic N) is 1. The summed E-state index contributed by atoms with van der Waals surface area (Å²) in [5.41, 5.74) is 2.44. The number of amides is 3. The zero-order valence-corrected chi connectivity index (χ0v) is 16.5. The molecule has 0 spiro atoms. The topological polar surface area (TPSA) is 61.4 Å². The number of rotatable bonds is 4. The molecule has 2 aromatic carbocycles. The van der Waals surface area contributed by atoms with E-state index in [0.717, 1.165) is 43.4 Å². The Labute approximate surface area is 170 Å². The van der Waals surface area contributed by atoms with Gasteiger partial charge in [0.05, 0.1) is 0 Å². The summed E-state index contributed by atoms with van der Waals surface area (Å²) in [6.07, 6.45) is 4.26. The smallest absolute Gasteiger partial charge is 0.322 e. The molecule has 2 aromatic rings. The van der Waals surface area contributed by atoms with E-state index in [4.69, 9.17) is 0 Å². The molecule has 2 unspecified atom stereocenters. The van der Waals surface area contributed by atoms with Crippen LogP contribution in [0.3, 0.4) is 0 Å². The van der Waals surface area contributed by atoms with E-state index in [1.54, 1.807) is 0 Å². The molecule has 2 aliphatic rings. The summed E-state index contributed by atoms with van der Waals surface area (Å²) in [6.45, 7) is 2.07. The lowest BCUT2D eigenvalue weighted by Gasteiger charge is -2.39. The lowest BCUT2D eigenvalue weighted by Crippen LogP contribution is -2.53. The Hall–Kier alpha value is -2.89. The van der Waals surface area contributed by atoms with Crippen LogP contribution >= 0.6 is 0 Å². The first kappa shape index (κ1) is 19.4. The lowest BCUT2D eigenvalue weighted by atomic mass is 9.97. The van der Waals surface area contributed by atoms with Gasteiger partial charge in [0.1, 0.15) is 5.82 Å². The Bertz CT molecular complexity index is 885. The van der Waals surface area contributed by atoms with E-state index in [0.29, 0.717) is 5.56 Å². The molecule has 5 nitrogen and oxygen atoms in total. The average Bonchev–Trinajstić information content (AvgIpc) is 2.99. The number of benzene rings is 2. The fourth-order valence-electron chi connectivity index (χ4n) is 4.63. The van der Waals surface area contributed by atoms with Gasteiger partial charge in [-0.3, -0.25) is 4.79 Å². The molecule has 0 aromatic heterocycles. The van der Waals surface area contributed by atoms with Gasteiger partial charge in [-0.1, -0.05) is 25.1 Å². The van der Waals surface area contributed by atoms with Crippen LogP contribution in [0.1, 0.15) is 48.5 Å². The minimum Gasteiger partial charge on any atom is -0.349 e. The Kier molecular flexibility index (Phi) is 5.51. The van der Waals surface area contributed by atoms with E-state index in [1.165, 1.54) is 24.3 Å². The van der Waals surface area contributed by atoms with E-state index in [9.17, 15) is 14.0 Å². The molecule has 2 aliphatic heterocycles. The van der Waals surface area contributed by atoms with Gasteiger partial charge in [0, 0.05) is 29.4 Å². The monoisotopic (exact) mass is 395 g/mol. The highest BCUT2D eigenvalue weighted by Gasteiger charge is 2.43. The fraction of sp³-hybridized carbons (Fsp3) is 0.391. The van der Waals surface area contributed by atoms with Crippen molar-refractivity contribution in [2.24, 2.45) is 0 Å². The number of anilines is 1. The molecule has 4 rings (SSSR count). The van der Waals surface area contributed by atoms with Crippen LogP contribution < -0.4 is 10.6 Å². The summed E-state index contributed by atoms with van der Waals surface area (Å²) in [6, 6.07) is 13.7. The largest absolute Gasteiger partial charge is 0.349 e. The number of carbonyl (C=O) groups excluding carboxylic acids is 2. The molecule has 3 amide bonds. The van der Waals surface area contributed by atoms with Gasteiger partial charge in [0.15, 0.2) is 0 Å². The summed E-state index contributed by atoms with van der Waals surface area (Å²) in [7, 11) is 0. The Morgan fingerprint density at radius 3 is 2.34 bits per heavy atom. The van der Waals surface area contributed by atoms with Crippen LogP contribution in [0.2, 0.25) is 0 Å². The molecule has 0 saturated carbocycles. The van der Waals surface area contributed by atoms with Crippen LogP contribution in [0.5, 0.6) is 0 Å². The molecular weight excluding hydrogens is 369 g/mol. The molecule has 152 valence electrons. The Morgan fingerprint density at radius 1 is 1.03 bits per heavy atom. The third-order valence-corrected chi connectivity index (χ3v) is 6.05. The second kappa shape index (κ2) is 8.23. The second-order valence-electron chi connectivity index (χ2n) is 7.88. The first-order valence-corrected chi connectivity index (χ1v) is 10.3. The molecule has 2 fully saturated rings. The third kappa shape index (κ3) is 4.11. The number of halogens is 1. The highest BCUT2D eigenvalue weighted by molar-refractivity contribution is 5.94. The molecule has 29 heavy (non-hydrogen) atoms. The van der Waals surface area contributed by atoms with Crippen LogP contribution in [-0.4, -0.2) is 35.0 Å². The number of carbonyl (C=O) groups is 2. The van der Waals surface area contributed by atoms with Gasteiger partial charge < -0.3 is 15.5 Å². The SMILES string of the molecule is CCc1ccccc1NC(=O)N1C2CCC1CC(NC(=O)c1ccc(F)cc1)C2. The number of para-hydroxylation sites is 1.